The third-order valence-corrected chi connectivity index (χ3v) is 3.79. The normalized spacial score (nSPS) is 32.1. The summed E-state index contributed by atoms with van der Waals surface area (Å²) in [4.78, 5) is 14.9. The number of amides is 1. The van der Waals surface area contributed by atoms with Crippen LogP contribution >= 0.6 is 0 Å². The van der Waals surface area contributed by atoms with E-state index in [9.17, 15) is 4.79 Å². The highest BCUT2D eigenvalue weighted by Gasteiger charge is 2.53. The lowest BCUT2D eigenvalue weighted by molar-refractivity contribution is -0.0722. The molecule has 1 atom stereocenters. The fraction of sp³-hybridized carbons (Fsp3) is 0.909. The minimum atomic E-state index is -0.771. The van der Waals surface area contributed by atoms with Gasteiger partial charge < -0.3 is 10.0 Å². The molecular weight excluding hydrogens is 192 g/mol. The number of hydrogen-bond acceptors (Lipinski definition) is 2. The van der Waals surface area contributed by atoms with Crippen LogP contribution in [0, 0.1) is 0 Å². The van der Waals surface area contributed by atoms with Gasteiger partial charge in [-0.2, -0.15) is 0 Å². The summed E-state index contributed by atoms with van der Waals surface area (Å²) in [5.74, 6) is 0. The van der Waals surface area contributed by atoms with Gasteiger partial charge in [-0.25, -0.2) is 4.79 Å². The maximum absolute atomic E-state index is 10.9. The molecule has 0 radical (unpaired) electrons. The highest BCUT2D eigenvalue weighted by atomic mass is 16.4. The van der Waals surface area contributed by atoms with Crippen molar-refractivity contribution in [3.63, 3.8) is 0 Å². The van der Waals surface area contributed by atoms with Crippen LogP contribution in [0.15, 0.2) is 0 Å². The van der Waals surface area contributed by atoms with E-state index in [4.69, 9.17) is 5.11 Å². The van der Waals surface area contributed by atoms with E-state index in [0.29, 0.717) is 13.1 Å². The van der Waals surface area contributed by atoms with Crippen molar-refractivity contribution in [3.05, 3.63) is 0 Å². The Kier molecular flexibility index (Phi) is 2.23. The molecule has 86 valence electrons. The van der Waals surface area contributed by atoms with Crippen molar-refractivity contribution in [2.24, 2.45) is 0 Å². The number of likely N-dealkylation sites (tertiary alicyclic amines) is 2. The van der Waals surface area contributed by atoms with E-state index in [-0.39, 0.29) is 11.1 Å². The van der Waals surface area contributed by atoms with Gasteiger partial charge in [0, 0.05) is 30.7 Å². The molecule has 1 unspecified atom stereocenters. The van der Waals surface area contributed by atoms with Gasteiger partial charge in [0.15, 0.2) is 0 Å². The predicted molar refractivity (Wildman–Crippen MR) is 58.0 cm³/mol. The molecule has 0 bridgehead atoms. The highest BCUT2D eigenvalue weighted by Crippen LogP contribution is 2.43. The first kappa shape index (κ1) is 10.7. The van der Waals surface area contributed by atoms with Crippen LogP contribution in [0.1, 0.15) is 33.6 Å². The molecule has 2 rings (SSSR count). The van der Waals surface area contributed by atoms with Crippen molar-refractivity contribution >= 4 is 6.09 Å². The van der Waals surface area contributed by atoms with Gasteiger partial charge in [0.05, 0.1) is 0 Å². The predicted octanol–water partition coefficient (Wildman–Crippen LogP) is 1.61. The van der Waals surface area contributed by atoms with Crippen molar-refractivity contribution in [2.75, 3.05) is 19.6 Å². The number of hydrogen-bond donors (Lipinski definition) is 1. The molecule has 0 aromatic rings. The van der Waals surface area contributed by atoms with Crippen molar-refractivity contribution in [2.45, 2.75) is 44.7 Å². The molecule has 4 nitrogen and oxygen atoms in total. The first-order valence-electron chi connectivity index (χ1n) is 5.61. The van der Waals surface area contributed by atoms with Crippen LogP contribution in [0.25, 0.3) is 0 Å². The molecule has 2 heterocycles. The molecule has 0 saturated carbocycles. The Morgan fingerprint density at radius 3 is 2.20 bits per heavy atom. The first-order valence-corrected chi connectivity index (χ1v) is 5.61. The second-order valence-corrected chi connectivity index (χ2v) is 5.75. The van der Waals surface area contributed by atoms with Crippen molar-refractivity contribution < 1.29 is 9.90 Å². The molecule has 2 aliphatic rings. The Morgan fingerprint density at radius 2 is 1.87 bits per heavy atom. The summed E-state index contributed by atoms with van der Waals surface area (Å²) in [5, 5.41) is 8.96. The smallest absolute Gasteiger partial charge is 0.407 e. The summed E-state index contributed by atoms with van der Waals surface area (Å²) in [5.41, 5.74) is 0.309. The topological polar surface area (TPSA) is 43.8 Å². The maximum Gasteiger partial charge on any atom is 0.407 e. The van der Waals surface area contributed by atoms with Gasteiger partial charge in [0.1, 0.15) is 0 Å². The molecule has 0 aromatic heterocycles. The van der Waals surface area contributed by atoms with Crippen LogP contribution in [0.3, 0.4) is 0 Å². The fourth-order valence-electron chi connectivity index (χ4n) is 3.03. The van der Waals surface area contributed by atoms with Crippen molar-refractivity contribution in [1.29, 1.82) is 0 Å². The Balaban J connectivity index is 2.08. The SMILES string of the molecule is CC(C)(C)N1CCC12CCN(C(=O)O)C2. The molecule has 2 aliphatic heterocycles. The molecule has 0 aliphatic carbocycles. The van der Waals surface area contributed by atoms with Gasteiger partial charge in [-0.1, -0.05) is 0 Å². The largest absolute Gasteiger partial charge is 0.465 e. The Labute approximate surface area is 90.9 Å². The standard InChI is InChI=1S/C11H20N2O2/c1-10(2,3)13-7-5-11(13)4-6-12(8-11)9(14)15/h4-8H2,1-3H3,(H,14,15). The average molecular weight is 212 g/mol. The third-order valence-electron chi connectivity index (χ3n) is 3.79. The van der Waals surface area contributed by atoms with Crippen LogP contribution in [-0.2, 0) is 0 Å². The second kappa shape index (κ2) is 3.11. The number of carbonyl (C=O) groups is 1. The zero-order valence-electron chi connectivity index (χ0n) is 9.79. The molecule has 2 fully saturated rings. The quantitative estimate of drug-likeness (QED) is 0.663. The lowest BCUT2D eigenvalue weighted by Gasteiger charge is -2.57. The number of nitrogens with zero attached hydrogens (tertiary/aromatic N) is 2. The monoisotopic (exact) mass is 212 g/mol. The summed E-state index contributed by atoms with van der Waals surface area (Å²) in [7, 11) is 0. The molecule has 15 heavy (non-hydrogen) atoms. The van der Waals surface area contributed by atoms with Crippen LogP contribution in [0.5, 0.6) is 0 Å². The molecule has 4 heteroatoms. The lowest BCUT2D eigenvalue weighted by atomic mass is 9.79. The molecule has 1 N–H and O–H groups in total. The highest BCUT2D eigenvalue weighted by molar-refractivity contribution is 5.65. The Hall–Kier alpha value is -0.770. The summed E-state index contributed by atoms with van der Waals surface area (Å²) >= 11 is 0. The minimum absolute atomic E-state index is 0.149. The molecule has 2 saturated heterocycles. The molecule has 1 spiro atoms. The summed E-state index contributed by atoms with van der Waals surface area (Å²) in [6.45, 7) is 9.12. The lowest BCUT2D eigenvalue weighted by Crippen LogP contribution is -2.67. The minimum Gasteiger partial charge on any atom is -0.465 e. The van der Waals surface area contributed by atoms with Crippen molar-refractivity contribution in [3.8, 4) is 0 Å². The number of rotatable bonds is 0. The van der Waals surface area contributed by atoms with Crippen LogP contribution in [0.4, 0.5) is 4.79 Å². The van der Waals surface area contributed by atoms with Gasteiger partial charge in [-0.15, -0.1) is 0 Å². The van der Waals surface area contributed by atoms with Gasteiger partial charge >= 0.3 is 6.09 Å². The zero-order chi connectivity index (χ0) is 11.3. The van der Waals surface area contributed by atoms with E-state index in [1.807, 2.05) is 0 Å². The van der Waals surface area contributed by atoms with Gasteiger partial charge in [0.25, 0.3) is 0 Å². The average Bonchev–Trinajstić information content (AvgIpc) is 2.44. The summed E-state index contributed by atoms with van der Waals surface area (Å²) < 4.78 is 0. The van der Waals surface area contributed by atoms with E-state index in [2.05, 4.69) is 25.7 Å². The van der Waals surface area contributed by atoms with Crippen LogP contribution in [0.2, 0.25) is 0 Å². The third kappa shape index (κ3) is 1.61. The van der Waals surface area contributed by atoms with Gasteiger partial charge in [-0.05, 0) is 33.6 Å². The Bertz CT molecular complexity index is 285. The maximum atomic E-state index is 10.9. The van der Waals surface area contributed by atoms with Crippen molar-refractivity contribution in [1.82, 2.24) is 9.80 Å². The molecule has 0 aromatic carbocycles. The van der Waals surface area contributed by atoms with Gasteiger partial charge in [-0.3, -0.25) is 4.90 Å². The summed E-state index contributed by atoms with van der Waals surface area (Å²) in [6, 6.07) is 0. The van der Waals surface area contributed by atoms with E-state index >= 15 is 0 Å². The second-order valence-electron chi connectivity index (χ2n) is 5.75. The van der Waals surface area contributed by atoms with Gasteiger partial charge in [0.2, 0.25) is 0 Å². The zero-order valence-corrected chi connectivity index (χ0v) is 9.79. The van der Waals surface area contributed by atoms with Crippen LogP contribution < -0.4 is 0 Å². The van der Waals surface area contributed by atoms with Crippen LogP contribution in [-0.4, -0.2) is 51.7 Å². The van der Waals surface area contributed by atoms with E-state index in [1.54, 1.807) is 4.90 Å². The molecule has 1 amide bonds. The Morgan fingerprint density at radius 1 is 1.27 bits per heavy atom. The first-order chi connectivity index (χ1) is 6.85. The summed E-state index contributed by atoms with van der Waals surface area (Å²) in [6.07, 6.45) is 1.37. The number of carboxylic acid groups (broad SMARTS) is 1. The van der Waals surface area contributed by atoms with E-state index < -0.39 is 6.09 Å². The molecular formula is C11H20N2O2. The fourth-order valence-corrected chi connectivity index (χ4v) is 3.03. The van der Waals surface area contributed by atoms with E-state index in [0.717, 1.165) is 19.4 Å². The van der Waals surface area contributed by atoms with E-state index in [1.165, 1.54) is 0 Å².